The van der Waals surface area contributed by atoms with Gasteiger partial charge in [-0.25, -0.2) is 0 Å². The Bertz CT molecular complexity index is 11.6. The fraction of sp³-hybridized carbons (Fsp3) is 0. The summed E-state index contributed by atoms with van der Waals surface area (Å²) < 4.78 is 0. The predicted molar refractivity (Wildman–Crippen MR) is 8.54 cm³/mol. The van der Waals surface area contributed by atoms with Crippen LogP contribution in [-0.2, 0) is 75.8 Å². The first-order chi connectivity index (χ1) is 1.00. The standard InChI is InChI=1S/Au.BH2.Fe.Ni.W/h;1H2;;;/q;+1;;-1;. The van der Waals surface area contributed by atoms with Gasteiger partial charge >= 0.3 is 22.0 Å². The Morgan fingerprint density at radius 2 is 1.20 bits per heavy atom. The van der Waals surface area contributed by atoms with E-state index in [1.165, 1.54) is 0 Å². The van der Waals surface area contributed by atoms with E-state index < -0.39 is 0 Å². The number of hydrogen-bond acceptors (Lipinski definition) is 0. The van der Waals surface area contributed by atoms with Crippen molar-refractivity contribution in [2.45, 2.75) is 0 Å². The fourth-order valence-corrected chi connectivity index (χ4v) is 0. The van der Waals surface area contributed by atoms with Gasteiger partial charge in [0.15, 0.2) is 0 Å². The molecule has 1 radical (unpaired) electrons. The third kappa shape index (κ3) is 21.0. The van der Waals surface area contributed by atoms with E-state index in [1.807, 2.05) is 0 Å². The van der Waals surface area contributed by atoms with E-state index in [1.54, 1.807) is 6.74 Å². The van der Waals surface area contributed by atoms with Crippen LogP contribution in [0.5, 0.6) is 0 Å². The first-order valence-corrected chi connectivity index (χ1v) is 1.30. The second-order valence-electron chi connectivity index (χ2n) is 0. The van der Waals surface area contributed by atoms with Crippen LogP contribution in [0.15, 0.2) is 0 Å². The Morgan fingerprint density at radius 3 is 1.20 bits per heavy atom. The third-order valence-electron chi connectivity index (χ3n) is 0. The molecule has 0 saturated heterocycles. The quantitative estimate of drug-likeness (QED) is 0.372. The molecule has 0 rings (SSSR count). The zero-order valence-electron chi connectivity index (χ0n) is 2.38. The molecule has 0 aromatic carbocycles. The molecule has 0 heterocycles. The van der Waals surface area contributed by atoms with Crippen LogP contribution < -0.4 is 0 Å². The van der Waals surface area contributed by atoms with Gasteiger partial charge in [0.1, 0.15) is 0 Å². The second kappa shape index (κ2) is 31.4. The van der Waals surface area contributed by atoms with Gasteiger partial charge in [0.05, 0.1) is 0 Å². The van der Waals surface area contributed by atoms with E-state index >= 15 is 0 Å². The second-order valence-corrected chi connectivity index (χ2v) is 0. The van der Waals surface area contributed by atoms with Crippen molar-refractivity contribution in [2.75, 3.05) is 0 Å². The van der Waals surface area contributed by atoms with Crippen LogP contribution >= 0.6 is 0 Å². The Morgan fingerprint density at radius 1 is 1.20 bits per heavy atom. The summed E-state index contributed by atoms with van der Waals surface area (Å²) in [5, 5.41) is 0. The monoisotopic (exact) mass is 508 g/mol. The molecule has 0 aliphatic carbocycles. The first-order valence-electron chi connectivity index (χ1n) is 0.316. The van der Waals surface area contributed by atoms with Gasteiger partial charge in [-0.3, -0.25) is 0 Å². The van der Waals surface area contributed by atoms with Crippen LogP contribution in [0.4, 0.5) is 0 Å². The van der Waals surface area contributed by atoms with E-state index in [4.69, 9.17) is 0 Å². The maximum atomic E-state index is 3.88. The average molecular weight is 508 g/mol. The minimum Gasteiger partial charge on any atom is 0 e. The smallest absolute Gasteiger partial charge is 0 e. The van der Waals surface area contributed by atoms with Crippen LogP contribution in [0.1, 0.15) is 0 Å². The summed E-state index contributed by atoms with van der Waals surface area (Å²) in [6, 6.07) is 0. The largest absolute Gasteiger partial charge is 0 e. The Balaban J connectivity index is -0.00000000167. The van der Waals surface area contributed by atoms with Crippen molar-refractivity contribution in [3.8, 4) is 0 Å². The Kier molecular flexibility index (Phi) is 162. The van der Waals surface area contributed by atoms with Crippen molar-refractivity contribution < 1.29 is 75.8 Å². The number of hydrogen-bond donors (Lipinski definition) is 0. The van der Waals surface area contributed by atoms with Gasteiger partial charge in [0.25, 0.3) is 0 Å². The van der Waals surface area contributed by atoms with Crippen LogP contribution in [-0.4, -0.2) is 6.74 Å². The third-order valence-corrected chi connectivity index (χ3v) is 0. The Hall–Kier alpha value is 2.51. The molecule has 0 spiro atoms. The molecular weight excluding hydrogens is 506 g/mol. The summed E-state index contributed by atoms with van der Waals surface area (Å²) in [5.41, 5.74) is 0. The van der Waals surface area contributed by atoms with E-state index in [2.05, 4.69) is 15.3 Å². The Labute approximate surface area is 81.5 Å². The molecule has 5 heavy (non-hydrogen) atoms. The first kappa shape index (κ1) is 25.8. The van der Waals surface area contributed by atoms with Gasteiger partial charge in [-0.05, 0) is 0 Å². The summed E-state index contributed by atoms with van der Waals surface area (Å²) in [4.78, 5) is 0. The van der Waals surface area contributed by atoms with E-state index in [0.717, 1.165) is 0 Å². The van der Waals surface area contributed by atoms with Crippen LogP contribution in [0.2, 0.25) is 0 Å². The zero-order valence-corrected chi connectivity index (χ0v) is 9.57. The van der Waals surface area contributed by atoms with Crippen molar-refractivity contribution >= 4 is 6.74 Å². The summed E-state index contributed by atoms with van der Waals surface area (Å²) in [6.45, 7) is 1.62. The molecule has 0 nitrogen and oxygen atoms in total. The van der Waals surface area contributed by atoms with Gasteiger partial charge in [-0.15, -0.1) is 0 Å². The van der Waals surface area contributed by atoms with Crippen LogP contribution in [0.3, 0.4) is 0 Å². The molecule has 0 amide bonds. The summed E-state index contributed by atoms with van der Waals surface area (Å²) in [7, 11) is 0. The van der Waals surface area contributed by atoms with Crippen LogP contribution in [0, 0.1) is 0 Å². The van der Waals surface area contributed by atoms with Gasteiger partial charge < -0.3 is 0 Å². The predicted octanol–water partition coefficient (Wildman–Crippen LogP) is -0.926. The molecule has 5 heteroatoms. The normalized spacial score (nSPS) is 1.20. The zero-order chi connectivity index (χ0) is 2.00. The van der Waals surface area contributed by atoms with Gasteiger partial charge in [0.2, 0.25) is 0 Å². The van der Waals surface area contributed by atoms with Crippen LogP contribution in [0.25, 0.3) is 0 Å². The van der Waals surface area contributed by atoms with E-state index in [-0.39, 0.29) is 60.5 Å². The maximum Gasteiger partial charge on any atom is 0 e. The molecule has 0 unspecified atom stereocenters. The molecule has 0 aliphatic rings. The molecule has 0 aromatic heterocycles. The molecular formula is H2AuBFeNiW. The minimum absolute atomic E-state index is 0. The molecule has 0 atom stereocenters. The van der Waals surface area contributed by atoms with Crippen molar-refractivity contribution in [1.29, 1.82) is 0 Å². The molecule has 0 aromatic rings. The average Bonchev–Trinajstić information content (AvgIpc) is 1.00. The van der Waals surface area contributed by atoms with Crippen molar-refractivity contribution in [3.05, 3.63) is 0 Å². The summed E-state index contributed by atoms with van der Waals surface area (Å²) in [5.74, 6) is 0. The van der Waals surface area contributed by atoms with E-state index in [9.17, 15) is 0 Å². The molecule has 0 N–H and O–H groups in total. The maximum absolute atomic E-state index is 3.88. The topological polar surface area (TPSA) is 0 Å². The van der Waals surface area contributed by atoms with Gasteiger partial charge in [-0.2, -0.15) is 0 Å². The fourth-order valence-electron chi connectivity index (χ4n) is 0. The minimum atomic E-state index is 0. The van der Waals surface area contributed by atoms with Gasteiger partial charge in [-0.1, -0.05) is 0 Å². The van der Waals surface area contributed by atoms with Gasteiger partial charge in [0, 0.05) is 60.5 Å². The molecule has 0 saturated carbocycles. The van der Waals surface area contributed by atoms with Crippen molar-refractivity contribution in [3.63, 3.8) is 0 Å². The molecule has 0 aliphatic heterocycles. The van der Waals surface area contributed by atoms with E-state index in [0.29, 0.717) is 0 Å². The summed E-state index contributed by atoms with van der Waals surface area (Å²) >= 11 is 3.88. The molecule has 0 bridgehead atoms. The summed E-state index contributed by atoms with van der Waals surface area (Å²) in [6.07, 6.45) is 0. The molecule has 0 fully saturated rings. The van der Waals surface area contributed by atoms with Crippen molar-refractivity contribution in [1.82, 2.24) is 0 Å². The molecule has 40 valence electrons. The SMILES string of the molecule is [Au].[BH2][Ni].[Fe].[W]. The number of rotatable bonds is 0. The van der Waals surface area contributed by atoms with Crippen molar-refractivity contribution in [2.24, 2.45) is 0 Å².